The van der Waals surface area contributed by atoms with Crippen molar-refractivity contribution in [3.05, 3.63) is 24.3 Å². The molecule has 6 nitrogen and oxygen atoms in total. The Hall–Kier alpha value is -1.92. The minimum absolute atomic E-state index is 0.107. The third-order valence-corrected chi connectivity index (χ3v) is 4.65. The standard InChI is InChI=1S/C17H23N3O3/c1-18-8-3-9-19(11-10-18)15-12-16(21)20(17(15)22)13-4-6-14(23-2)7-5-13/h4-7,15H,3,8-12H2,1-2H3. The molecule has 0 aromatic heterocycles. The number of rotatable bonds is 3. The van der Waals surface area contributed by atoms with Gasteiger partial charge in [-0.1, -0.05) is 0 Å². The Balaban J connectivity index is 1.76. The van der Waals surface area contributed by atoms with Gasteiger partial charge in [0, 0.05) is 19.6 Å². The van der Waals surface area contributed by atoms with Crippen LogP contribution in [0.25, 0.3) is 0 Å². The highest BCUT2D eigenvalue weighted by atomic mass is 16.5. The molecule has 6 heteroatoms. The molecule has 1 atom stereocenters. The average Bonchev–Trinajstić information content (AvgIpc) is 2.72. The van der Waals surface area contributed by atoms with Crippen LogP contribution in [0.5, 0.6) is 5.75 Å². The molecule has 0 N–H and O–H groups in total. The van der Waals surface area contributed by atoms with Crippen molar-refractivity contribution in [1.82, 2.24) is 9.80 Å². The van der Waals surface area contributed by atoms with Crippen LogP contribution in [0.3, 0.4) is 0 Å². The summed E-state index contributed by atoms with van der Waals surface area (Å²) in [6.07, 6.45) is 1.30. The van der Waals surface area contributed by atoms with E-state index in [-0.39, 0.29) is 24.3 Å². The largest absolute Gasteiger partial charge is 0.497 e. The van der Waals surface area contributed by atoms with Crippen LogP contribution in [-0.2, 0) is 9.59 Å². The van der Waals surface area contributed by atoms with Gasteiger partial charge in [0.15, 0.2) is 0 Å². The molecule has 3 rings (SSSR count). The summed E-state index contributed by atoms with van der Waals surface area (Å²) >= 11 is 0. The Kier molecular flexibility index (Phi) is 4.63. The summed E-state index contributed by atoms with van der Waals surface area (Å²) < 4.78 is 5.12. The fourth-order valence-corrected chi connectivity index (χ4v) is 3.28. The van der Waals surface area contributed by atoms with Crippen molar-refractivity contribution in [3.63, 3.8) is 0 Å². The van der Waals surface area contributed by atoms with Gasteiger partial charge < -0.3 is 9.64 Å². The number of hydrogen-bond acceptors (Lipinski definition) is 5. The molecule has 2 fully saturated rings. The molecule has 0 bridgehead atoms. The lowest BCUT2D eigenvalue weighted by molar-refractivity contribution is -0.122. The lowest BCUT2D eigenvalue weighted by Crippen LogP contribution is -2.43. The number of methoxy groups -OCH3 is 1. The molecular formula is C17H23N3O3. The van der Waals surface area contributed by atoms with E-state index in [1.165, 1.54) is 4.90 Å². The highest BCUT2D eigenvalue weighted by molar-refractivity contribution is 6.22. The van der Waals surface area contributed by atoms with E-state index < -0.39 is 0 Å². The number of ether oxygens (including phenoxy) is 1. The zero-order valence-electron chi connectivity index (χ0n) is 13.7. The van der Waals surface area contributed by atoms with E-state index in [1.54, 1.807) is 31.4 Å². The highest BCUT2D eigenvalue weighted by Crippen LogP contribution is 2.27. The highest BCUT2D eigenvalue weighted by Gasteiger charge is 2.42. The molecule has 1 aromatic rings. The Morgan fingerprint density at radius 2 is 1.78 bits per heavy atom. The predicted molar refractivity (Wildman–Crippen MR) is 87.6 cm³/mol. The van der Waals surface area contributed by atoms with E-state index in [1.807, 2.05) is 0 Å². The van der Waals surface area contributed by atoms with Crippen molar-refractivity contribution in [2.45, 2.75) is 18.9 Å². The molecule has 2 amide bonds. The van der Waals surface area contributed by atoms with E-state index >= 15 is 0 Å². The molecule has 0 aliphatic carbocycles. The molecule has 2 heterocycles. The number of benzene rings is 1. The normalized spacial score (nSPS) is 24.1. The monoisotopic (exact) mass is 317 g/mol. The van der Waals surface area contributed by atoms with Crippen LogP contribution in [0, 0.1) is 0 Å². The van der Waals surface area contributed by atoms with Crippen LogP contribution in [0.2, 0.25) is 0 Å². The van der Waals surface area contributed by atoms with Gasteiger partial charge in [-0.15, -0.1) is 0 Å². The quantitative estimate of drug-likeness (QED) is 0.778. The van der Waals surface area contributed by atoms with Gasteiger partial charge in [-0.2, -0.15) is 0 Å². The summed E-state index contributed by atoms with van der Waals surface area (Å²) in [6.45, 7) is 3.66. The summed E-state index contributed by atoms with van der Waals surface area (Å²) in [5.41, 5.74) is 0.621. The van der Waals surface area contributed by atoms with Crippen molar-refractivity contribution >= 4 is 17.5 Å². The molecule has 0 spiro atoms. The smallest absolute Gasteiger partial charge is 0.251 e. The number of imide groups is 1. The number of likely N-dealkylation sites (N-methyl/N-ethyl adjacent to an activating group) is 1. The van der Waals surface area contributed by atoms with Crippen molar-refractivity contribution in [2.24, 2.45) is 0 Å². The first-order chi connectivity index (χ1) is 11.1. The Labute approximate surface area is 136 Å². The third-order valence-electron chi connectivity index (χ3n) is 4.65. The van der Waals surface area contributed by atoms with Gasteiger partial charge in [-0.05, 0) is 44.3 Å². The molecule has 1 aromatic carbocycles. The first kappa shape index (κ1) is 16.0. The van der Waals surface area contributed by atoms with E-state index in [0.717, 1.165) is 32.6 Å². The van der Waals surface area contributed by atoms with Gasteiger partial charge >= 0.3 is 0 Å². The second-order valence-electron chi connectivity index (χ2n) is 6.18. The molecule has 23 heavy (non-hydrogen) atoms. The minimum Gasteiger partial charge on any atom is -0.497 e. The first-order valence-electron chi connectivity index (χ1n) is 8.03. The van der Waals surface area contributed by atoms with E-state index in [4.69, 9.17) is 4.74 Å². The predicted octanol–water partition coefficient (Wildman–Crippen LogP) is 0.965. The van der Waals surface area contributed by atoms with Crippen LogP contribution in [0.4, 0.5) is 5.69 Å². The summed E-state index contributed by atoms with van der Waals surface area (Å²) in [7, 11) is 3.68. The second-order valence-corrected chi connectivity index (χ2v) is 6.18. The van der Waals surface area contributed by atoms with Gasteiger partial charge in [0.2, 0.25) is 5.91 Å². The topological polar surface area (TPSA) is 53.1 Å². The SMILES string of the molecule is COc1ccc(N2C(=O)CC(N3CCCN(C)CC3)C2=O)cc1. The fraction of sp³-hybridized carbons (Fsp3) is 0.529. The number of carbonyl (C=O) groups is 2. The van der Waals surface area contributed by atoms with Gasteiger partial charge in [-0.3, -0.25) is 14.5 Å². The number of amides is 2. The van der Waals surface area contributed by atoms with Gasteiger partial charge in [0.05, 0.1) is 25.3 Å². The van der Waals surface area contributed by atoms with E-state index in [0.29, 0.717) is 11.4 Å². The maximum Gasteiger partial charge on any atom is 0.251 e. The summed E-state index contributed by atoms with van der Waals surface area (Å²) in [5, 5.41) is 0. The van der Waals surface area contributed by atoms with Gasteiger partial charge in [0.25, 0.3) is 5.91 Å². The van der Waals surface area contributed by atoms with Gasteiger partial charge in [0.1, 0.15) is 5.75 Å². The number of hydrogen-bond donors (Lipinski definition) is 0. The van der Waals surface area contributed by atoms with Crippen molar-refractivity contribution in [3.8, 4) is 5.75 Å². The van der Waals surface area contributed by atoms with E-state index in [2.05, 4.69) is 16.8 Å². The zero-order chi connectivity index (χ0) is 16.4. The molecule has 1 unspecified atom stereocenters. The van der Waals surface area contributed by atoms with Crippen molar-refractivity contribution in [1.29, 1.82) is 0 Å². The first-order valence-corrected chi connectivity index (χ1v) is 8.03. The van der Waals surface area contributed by atoms with Crippen LogP contribution >= 0.6 is 0 Å². The van der Waals surface area contributed by atoms with Crippen LogP contribution in [0.15, 0.2) is 24.3 Å². The maximum atomic E-state index is 12.8. The Morgan fingerprint density at radius 3 is 2.48 bits per heavy atom. The van der Waals surface area contributed by atoms with Crippen LogP contribution < -0.4 is 9.64 Å². The summed E-state index contributed by atoms with van der Waals surface area (Å²) in [6, 6.07) is 6.73. The Bertz CT molecular complexity index is 587. The number of carbonyl (C=O) groups excluding carboxylic acids is 2. The molecule has 0 radical (unpaired) electrons. The van der Waals surface area contributed by atoms with Crippen LogP contribution in [-0.4, -0.2) is 68.0 Å². The summed E-state index contributed by atoms with van der Waals surface area (Å²) in [5.74, 6) is 0.479. The lowest BCUT2D eigenvalue weighted by Gasteiger charge is -2.25. The number of anilines is 1. The lowest BCUT2D eigenvalue weighted by atomic mass is 10.2. The molecule has 124 valence electrons. The minimum atomic E-state index is -0.323. The van der Waals surface area contributed by atoms with Crippen molar-refractivity contribution in [2.75, 3.05) is 45.2 Å². The van der Waals surface area contributed by atoms with E-state index in [9.17, 15) is 9.59 Å². The van der Waals surface area contributed by atoms with Crippen LogP contribution in [0.1, 0.15) is 12.8 Å². The fourth-order valence-electron chi connectivity index (χ4n) is 3.28. The molecule has 2 saturated heterocycles. The average molecular weight is 317 g/mol. The number of nitrogens with zero attached hydrogens (tertiary/aromatic N) is 3. The molecule has 0 saturated carbocycles. The second kappa shape index (κ2) is 6.68. The molecule has 2 aliphatic heterocycles. The Morgan fingerprint density at radius 1 is 1.04 bits per heavy atom. The maximum absolute atomic E-state index is 12.8. The van der Waals surface area contributed by atoms with Crippen molar-refractivity contribution < 1.29 is 14.3 Å². The zero-order valence-corrected chi connectivity index (χ0v) is 13.7. The third kappa shape index (κ3) is 3.23. The molecular weight excluding hydrogens is 294 g/mol. The summed E-state index contributed by atoms with van der Waals surface area (Å²) in [4.78, 5) is 30.9. The van der Waals surface area contributed by atoms with Gasteiger partial charge in [-0.25, -0.2) is 4.90 Å². The molecule has 2 aliphatic rings.